The van der Waals surface area contributed by atoms with E-state index in [9.17, 15) is 4.79 Å². The predicted molar refractivity (Wildman–Crippen MR) is 58.2 cm³/mol. The fourth-order valence-electron chi connectivity index (χ4n) is 1.74. The number of likely N-dealkylation sites (N-methyl/N-ethyl adjacent to an activating group) is 1. The minimum atomic E-state index is -0.398. The molecule has 0 saturated carbocycles. The van der Waals surface area contributed by atoms with Crippen LogP contribution in [0.3, 0.4) is 0 Å². The van der Waals surface area contributed by atoms with Gasteiger partial charge in [-0.25, -0.2) is 4.98 Å². The number of aromatic nitrogens is 2. The second-order valence-corrected chi connectivity index (χ2v) is 3.71. The van der Waals surface area contributed by atoms with Gasteiger partial charge in [0, 0.05) is 25.5 Å². The van der Waals surface area contributed by atoms with Crippen LogP contribution >= 0.6 is 0 Å². The Bertz CT molecular complexity index is 356. The third kappa shape index (κ3) is 2.43. The third-order valence-corrected chi connectivity index (χ3v) is 2.71. The van der Waals surface area contributed by atoms with Crippen LogP contribution in [0, 0.1) is 0 Å². The van der Waals surface area contributed by atoms with Crippen LogP contribution in [0.15, 0.2) is 18.6 Å². The van der Waals surface area contributed by atoms with Gasteiger partial charge in [-0.05, 0) is 6.54 Å². The fraction of sp³-hybridized carbons (Fsp3) is 0.545. The molecule has 0 amide bonds. The maximum absolute atomic E-state index is 12.0. The summed E-state index contributed by atoms with van der Waals surface area (Å²) >= 11 is 0. The monoisotopic (exact) mass is 221 g/mol. The highest BCUT2D eigenvalue weighted by Gasteiger charge is 2.27. The second kappa shape index (κ2) is 5.14. The minimum Gasteiger partial charge on any atom is -0.367 e. The summed E-state index contributed by atoms with van der Waals surface area (Å²) in [6.07, 6.45) is 4.16. The van der Waals surface area contributed by atoms with Gasteiger partial charge in [-0.2, -0.15) is 0 Å². The summed E-state index contributed by atoms with van der Waals surface area (Å²) in [6.45, 7) is 5.15. The maximum atomic E-state index is 12.0. The first-order valence-electron chi connectivity index (χ1n) is 5.45. The number of hydrogen-bond donors (Lipinski definition) is 0. The van der Waals surface area contributed by atoms with E-state index in [0.717, 1.165) is 13.1 Å². The lowest BCUT2D eigenvalue weighted by Crippen LogP contribution is -2.46. The standard InChI is InChI=1S/C11H15N3O2/c1-2-14-5-6-16-10(8-14)11(15)9-7-12-3-4-13-9/h3-4,7,10H,2,5-6,8H2,1H3. The van der Waals surface area contributed by atoms with Gasteiger partial charge in [0.25, 0.3) is 0 Å². The molecular formula is C11H15N3O2. The van der Waals surface area contributed by atoms with E-state index in [1.807, 2.05) is 0 Å². The van der Waals surface area contributed by atoms with Gasteiger partial charge in [0.1, 0.15) is 11.8 Å². The van der Waals surface area contributed by atoms with Gasteiger partial charge in [-0.3, -0.25) is 14.7 Å². The summed E-state index contributed by atoms with van der Waals surface area (Å²) in [5.41, 5.74) is 0.380. The highest BCUT2D eigenvalue weighted by molar-refractivity contribution is 5.97. The molecule has 2 rings (SSSR count). The Morgan fingerprint density at radius 3 is 3.19 bits per heavy atom. The second-order valence-electron chi connectivity index (χ2n) is 3.71. The van der Waals surface area contributed by atoms with E-state index in [-0.39, 0.29) is 5.78 Å². The number of hydrogen-bond acceptors (Lipinski definition) is 5. The average Bonchev–Trinajstić information content (AvgIpc) is 2.39. The van der Waals surface area contributed by atoms with Crippen molar-refractivity contribution in [2.75, 3.05) is 26.2 Å². The topological polar surface area (TPSA) is 55.3 Å². The molecule has 1 aliphatic rings. The van der Waals surface area contributed by atoms with Crippen LogP contribution in [0.1, 0.15) is 17.4 Å². The molecule has 0 aromatic carbocycles. The highest BCUT2D eigenvalue weighted by atomic mass is 16.5. The molecule has 1 aliphatic heterocycles. The van der Waals surface area contributed by atoms with E-state index >= 15 is 0 Å². The molecule has 1 aromatic rings. The molecule has 0 bridgehead atoms. The van der Waals surface area contributed by atoms with Crippen LogP contribution < -0.4 is 0 Å². The highest BCUT2D eigenvalue weighted by Crippen LogP contribution is 2.09. The Balaban J connectivity index is 2.05. The zero-order valence-corrected chi connectivity index (χ0v) is 9.30. The summed E-state index contributed by atoms with van der Waals surface area (Å²) in [4.78, 5) is 22.1. The van der Waals surface area contributed by atoms with Crippen molar-refractivity contribution >= 4 is 5.78 Å². The van der Waals surface area contributed by atoms with Gasteiger partial charge in [0.05, 0.1) is 12.8 Å². The third-order valence-electron chi connectivity index (χ3n) is 2.71. The maximum Gasteiger partial charge on any atom is 0.212 e. The summed E-state index contributed by atoms with van der Waals surface area (Å²) in [5.74, 6) is -0.0775. The lowest BCUT2D eigenvalue weighted by molar-refractivity contribution is -0.0151. The number of Topliss-reactive ketones (excluding diaryl/α,β-unsaturated/α-hetero) is 1. The van der Waals surface area contributed by atoms with E-state index in [2.05, 4.69) is 21.8 Å². The number of carbonyl (C=O) groups excluding carboxylic acids is 1. The zero-order chi connectivity index (χ0) is 11.4. The van der Waals surface area contributed by atoms with E-state index in [4.69, 9.17) is 4.74 Å². The van der Waals surface area contributed by atoms with E-state index in [0.29, 0.717) is 18.8 Å². The molecule has 1 fully saturated rings. The van der Waals surface area contributed by atoms with Gasteiger partial charge < -0.3 is 4.74 Å². The molecule has 0 radical (unpaired) electrons. The van der Waals surface area contributed by atoms with Crippen molar-refractivity contribution in [1.82, 2.24) is 14.9 Å². The van der Waals surface area contributed by atoms with Crippen LogP contribution in [-0.4, -0.2) is 53.0 Å². The van der Waals surface area contributed by atoms with Crippen LogP contribution in [0.2, 0.25) is 0 Å². The van der Waals surface area contributed by atoms with Crippen molar-refractivity contribution < 1.29 is 9.53 Å². The quantitative estimate of drug-likeness (QED) is 0.691. The van der Waals surface area contributed by atoms with Crippen molar-refractivity contribution in [2.24, 2.45) is 0 Å². The molecule has 86 valence electrons. The smallest absolute Gasteiger partial charge is 0.212 e. The number of morpholine rings is 1. The normalized spacial score (nSPS) is 21.9. The Morgan fingerprint density at radius 1 is 1.62 bits per heavy atom. The Hall–Kier alpha value is -1.33. The number of rotatable bonds is 3. The largest absolute Gasteiger partial charge is 0.367 e. The number of ketones is 1. The van der Waals surface area contributed by atoms with Crippen LogP contribution in [-0.2, 0) is 4.74 Å². The van der Waals surface area contributed by atoms with Crippen LogP contribution in [0.4, 0.5) is 0 Å². The molecule has 0 aliphatic carbocycles. The Morgan fingerprint density at radius 2 is 2.50 bits per heavy atom. The van der Waals surface area contributed by atoms with Crippen molar-refractivity contribution in [1.29, 1.82) is 0 Å². The van der Waals surface area contributed by atoms with E-state index < -0.39 is 6.10 Å². The van der Waals surface area contributed by atoms with Crippen LogP contribution in [0.5, 0.6) is 0 Å². The molecule has 5 heteroatoms. The average molecular weight is 221 g/mol. The fourth-order valence-corrected chi connectivity index (χ4v) is 1.74. The summed E-state index contributed by atoms with van der Waals surface area (Å²) < 4.78 is 5.47. The molecule has 1 aromatic heterocycles. The van der Waals surface area contributed by atoms with Gasteiger partial charge in [-0.15, -0.1) is 0 Å². The number of nitrogens with zero attached hydrogens (tertiary/aromatic N) is 3. The summed E-state index contributed by atoms with van der Waals surface area (Å²) in [6, 6.07) is 0. The van der Waals surface area contributed by atoms with Crippen molar-refractivity contribution in [2.45, 2.75) is 13.0 Å². The lowest BCUT2D eigenvalue weighted by atomic mass is 10.1. The Kier molecular flexibility index (Phi) is 3.58. The van der Waals surface area contributed by atoms with E-state index in [1.165, 1.54) is 12.4 Å². The van der Waals surface area contributed by atoms with Crippen molar-refractivity contribution in [3.05, 3.63) is 24.3 Å². The van der Waals surface area contributed by atoms with Gasteiger partial charge in [-0.1, -0.05) is 6.92 Å². The Labute approximate surface area is 94.5 Å². The molecule has 1 saturated heterocycles. The molecule has 2 heterocycles. The van der Waals surface area contributed by atoms with Gasteiger partial charge in [0.15, 0.2) is 0 Å². The minimum absolute atomic E-state index is 0.0775. The number of ether oxygens (including phenoxy) is 1. The molecule has 5 nitrogen and oxygen atoms in total. The zero-order valence-electron chi connectivity index (χ0n) is 9.30. The molecule has 1 atom stereocenters. The van der Waals surface area contributed by atoms with Gasteiger partial charge in [0.2, 0.25) is 5.78 Å². The molecular weight excluding hydrogens is 206 g/mol. The van der Waals surface area contributed by atoms with Crippen molar-refractivity contribution in [3.63, 3.8) is 0 Å². The van der Waals surface area contributed by atoms with E-state index in [1.54, 1.807) is 6.20 Å². The SMILES string of the molecule is CCN1CCOC(C(=O)c2cnccn2)C1. The predicted octanol–water partition coefficient (Wildman–Crippen LogP) is 0.380. The molecule has 0 spiro atoms. The number of carbonyl (C=O) groups is 1. The lowest BCUT2D eigenvalue weighted by Gasteiger charge is -2.30. The first kappa shape index (κ1) is 11.2. The molecule has 1 unspecified atom stereocenters. The van der Waals surface area contributed by atoms with Crippen molar-refractivity contribution in [3.8, 4) is 0 Å². The molecule has 16 heavy (non-hydrogen) atoms. The van der Waals surface area contributed by atoms with Gasteiger partial charge >= 0.3 is 0 Å². The molecule has 0 N–H and O–H groups in total. The summed E-state index contributed by atoms with van der Waals surface area (Å²) in [5, 5.41) is 0. The first-order valence-corrected chi connectivity index (χ1v) is 5.45. The first-order chi connectivity index (χ1) is 7.81. The summed E-state index contributed by atoms with van der Waals surface area (Å²) in [7, 11) is 0. The van der Waals surface area contributed by atoms with Crippen LogP contribution in [0.25, 0.3) is 0 Å².